The van der Waals surface area contributed by atoms with Gasteiger partial charge in [0.15, 0.2) is 11.5 Å². The van der Waals surface area contributed by atoms with E-state index in [1.807, 2.05) is 42.9 Å². The number of hydrogen-bond donors (Lipinski definition) is 0. The minimum Gasteiger partial charge on any atom is -0.377 e. The first-order valence-electron chi connectivity index (χ1n) is 6.23. The Morgan fingerprint density at radius 3 is 3.00 bits per heavy atom. The summed E-state index contributed by atoms with van der Waals surface area (Å²) >= 11 is 0. The molecule has 0 spiro atoms. The Balaban J connectivity index is 2.04. The topological polar surface area (TPSA) is 57.3 Å². The van der Waals surface area contributed by atoms with E-state index in [1.54, 1.807) is 7.11 Å². The molecule has 0 atom stereocenters. The average molecular weight is 262 g/mol. The van der Waals surface area contributed by atoms with Crippen LogP contribution in [0.15, 0.2) is 29.0 Å². The van der Waals surface area contributed by atoms with Gasteiger partial charge in [0, 0.05) is 37.1 Å². The second-order valence-electron chi connectivity index (χ2n) is 4.81. The summed E-state index contributed by atoms with van der Waals surface area (Å²) in [5.74, 6) is 0.860. The van der Waals surface area contributed by atoms with Crippen LogP contribution < -0.4 is 0 Å². The zero-order chi connectivity index (χ0) is 13.8. The lowest BCUT2D eigenvalue weighted by molar-refractivity contribution is 0.0939. The Hall–Kier alpha value is -1.88. The molecule has 19 heavy (non-hydrogen) atoms. The standard InChI is InChI=1S/C14H18N2O3/c1-10(2)14(17)11-4-5-16(7-11)8-12-6-13(9-18-3)19-15-12/h4-7,10H,8-9H2,1-3H3. The van der Waals surface area contributed by atoms with Crippen molar-refractivity contribution in [2.45, 2.75) is 27.0 Å². The lowest BCUT2D eigenvalue weighted by atomic mass is 10.0. The van der Waals surface area contributed by atoms with Gasteiger partial charge in [0.25, 0.3) is 0 Å². The third-order valence-electron chi connectivity index (χ3n) is 2.80. The van der Waals surface area contributed by atoms with Crippen molar-refractivity contribution < 1.29 is 14.1 Å². The van der Waals surface area contributed by atoms with Gasteiger partial charge in [0.1, 0.15) is 12.3 Å². The quantitative estimate of drug-likeness (QED) is 0.750. The highest BCUT2D eigenvalue weighted by atomic mass is 16.5. The van der Waals surface area contributed by atoms with Gasteiger partial charge in [-0.15, -0.1) is 0 Å². The Labute approximate surface area is 112 Å². The van der Waals surface area contributed by atoms with Crippen molar-refractivity contribution in [3.8, 4) is 0 Å². The number of carbonyl (C=O) groups is 1. The molecule has 2 heterocycles. The highest BCUT2D eigenvalue weighted by Gasteiger charge is 2.12. The predicted molar refractivity (Wildman–Crippen MR) is 69.9 cm³/mol. The summed E-state index contributed by atoms with van der Waals surface area (Å²) < 4.78 is 12.0. The van der Waals surface area contributed by atoms with Crippen LogP contribution in [0.1, 0.15) is 35.7 Å². The predicted octanol–water partition coefficient (Wildman–Crippen LogP) is 2.51. The minimum absolute atomic E-state index is 0.0104. The number of aromatic nitrogens is 2. The largest absolute Gasteiger partial charge is 0.377 e. The first kappa shape index (κ1) is 13.5. The van der Waals surface area contributed by atoms with E-state index in [9.17, 15) is 4.79 Å². The van der Waals surface area contributed by atoms with Crippen LogP contribution in [0.3, 0.4) is 0 Å². The first-order valence-corrected chi connectivity index (χ1v) is 6.23. The summed E-state index contributed by atoms with van der Waals surface area (Å²) in [6, 6.07) is 3.69. The minimum atomic E-state index is 0.0104. The Kier molecular flexibility index (Phi) is 4.16. The molecule has 0 radical (unpaired) electrons. The molecule has 0 aromatic carbocycles. The highest BCUT2D eigenvalue weighted by Crippen LogP contribution is 2.11. The van der Waals surface area contributed by atoms with Crippen molar-refractivity contribution in [2.75, 3.05) is 7.11 Å². The normalized spacial score (nSPS) is 11.2. The fraction of sp³-hybridized carbons (Fsp3) is 0.429. The number of methoxy groups -OCH3 is 1. The van der Waals surface area contributed by atoms with Gasteiger partial charge in [-0.1, -0.05) is 19.0 Å². The van der Waals surface area contributed by atoms with Crippen LogP contribution in [0.5, 0.6) is 0 Å². The monoisotopic (exact) mass is 262 g/mol. The SMILES string of the molecule is COCc1cc(Cn2ccc(C(=O)C(C)C)c2)no1. The van der Waals surface area contributed by atoms with Crippen LogP contribution in [0.25, 0.3) is 0 Å². The smallest absolute Gasteiger partial charge is 0.166 e. The number of ether oxygens (including phenoxy) is 1. The number of hydrogen-bond acceptors (Lipinski definition) is 4. The Bertz CT molecular complexity index is 555. The summed E-state index contributed by atoms with van der Waals surface area (Å²) in [6.07, 6.45) is 3.72. The molecule has 0 unspecified atom stereocenters. The van der Waals surface area contributed by atoms with Crippen molar-refractivity contribution in [1.82, 2.24) is 9.72 Å². The summed E-state index contributed by atoms with van der Waals surface area (Å²) in [4.78, 5) is 11.8. The first-order chi connectivity index (χ1) is 9.10. The van der Waals surface area contributed by atoms with Crippen LogP contribution >= 0.6 is 0 Å². The van der Waals surface area contributed by atoms with Gasteiger partial charge in [-0.25, -0.2) is 0 Å². The molecule has 2 rings (SSSR count). The van der Waals surface area contributed by atoms with E-state index in [0.717, 1.165) is 11.3 Å². The maximum Gasteiger partial charge on any atom is 0.166 e. The van der Waals surface area contributed by atoms with Crippen LogP contribution in [0.2, 0.25) is 0 Å². The number of ketones is 1. The second kappa shape index (κ2) is 5.84. The maximum absolute atomic E-state index is 11.8. The fourth-order valence-corrected chi connectivity index (χ4v) is 1.85. The van der Waals surface area contributed by atoms with Gasteiger partial charge in [-0.05, 0) is 6.07 Å². The fourth-order valence-electron chi connectivity index (χ4n) is 1.85. The van der Waals surface area contributed by atoms with Crippen molar-refractivity contribution in [3.63, 3.8) is 0 Å². The van der Waals surface area contributed by atoms with Crippen molar-refractivity contribution >= 4 is 5.78 Å². The van der Waals surface area contributed by atoms with Crippen LogP contribution in [-0.4, -0.2) is 22.6 Å². The van der Waals surface area contributed by atoms with Crippen molar-refractivity contribution in [1.29, 1.82) is 0 Å². The third kappa shape index (κ3) is 3.32. The highest BCUT2D eigenvalue weighted by molar-refractivity contribution is 5.97. The molecule has 5 nitrogen and oxygen atoms in total. The summed E-state index contributed by atoms with van der Waals surface area (Å²) in [5, 5.41) is 3.96. The Morgan fingerprint density at radius 1 is 1.53 bits per heavy atom. The number of Topliss-reactive ketones (excluding diaryl/α,β-unsaturated/α-hetero) is 1. The molecular formula is C14H18N2O3. The number of rotatable bonds is 6. The lowest BCUT2D eigenvalue weighted by Crippen LogP contribution is -2.06. The summed E-state index contributed by atoms with van der Waals surface area (Å²) in [7, 11) is 1.61. The zero-order valence-corrected chi connectivity index (χ0v) is 11.4. The van der Waals surface area contributed by atoms with Gasteiger partial charge in [-0.2, -0.15) is 0 Å². The molecule has 0 bridgehead atoms. The number of nitrogens with zero attached hydrogens (tertiary/aromatic N) is 2. The van der Waals surface area contributed by atoms with E-state index in [-0.39, 0.29) is 11.7 Å². The van der Waals surface area contributed by atoms with E-state index in [4.69, 9.17) is 9.26 Å². The molecule has 2 aromatic rings. The van der Waals surface area contributed by atoms with Crippen LogP contribution in [0, 0.1) is 5.92 Å². The van der Waals surface area contributed by atoms with Gasteiger partial charge in [0.2, 0.25) is 0 Å². The molecule has 0 N–H and O–H groups in total. The molecule has 102 valence electrons. The summed E-state index contributed by atoms with van der Waals surface area (Å²) in [5.41, 5.74) is 1.54. The molecule has 0 aliphatic heterocycles. The van der Waals surface area contributed by atoms with Gasteiger partial charge in [0.05, 0.1) is 6.54 Å². The van der Waals surface area contributed by atoms with Crippen LogP contribution in [0.4, 0.5) is 0 Å². The van der Waals surface area contributed by atoms with E-state index < -0.39 is 0 Å². The molecular weight excluding hydrogens is 244 g/mol. The molecule has 5 heteroatoms. The number of carbonyl (C=O) groups excluding carboxylic acids is 1. The molecule has 0 aliphatic carbocycles. The third-order valence-corrected chi connectivity index (χ3v) is 2.80. The van der Waals surface area contributed by atoms with Gasteiger partial charge < -0.3 is 13.8 Å². The van der Waals surface area contributed by atoms with Crippen molar-refractivity contribution in [3.05, 3.63) is 41.5 Å². The molecule has 0 fully saturated rings. The van der Waals surface area contributed by atoms with Crippen LogP contribution in [-0.2, 0) is 17.9 Å². The van der Waals surface area contributed by atoms with Gasteiger partial charge >= 0.3 is 0 Å². The van der Waals surface area contributed by atoms with Crippen molar-refractivity contribution in [2.24, 2.45) is 5.92 Å². The molecule has 2 aromatic heterocycles. The molecule has 0 saturated heterocycles. The van der Waals surface area contributed by atoms with E-state index >= 15 is 0 Å². The molecule has 0 saturated carbocycles. The maximum atomic E-state index is 11.8. The second-order valence-corrected chi connectivity index (χ2v) is 4.81. The Morgan fingerprint density at radius 2 is 2.32 bits per heavy atom. The zero-order valence-electron chi connectivity index (χ0n) is 11.4. The van der Waals surface area contributed by atoms with E-state index in [1.165, 1.54) is 0 Å². The average Bonchev–Trinajstić information content (AvgIpc) is 2.99. The molecule has 0 amide bonds. The van der Waals surface area contributed by atoms with Gasteiger partial charge in [-0.3, -0.25) is 4.79 Å². The summed E-state index contributed by atoms with van der Waals surface area (Å²) in [6.45, 7) is 4.79. The lowest BCUT2D eigenvalue weighted by Gasteiger charge is -2.00. The van der Waals surface area contributed by atoms with E-state index in [0.29, 0.717) is 18.9 Å². The van der Waals surface area contributed by atoms with E-state index in [2.05, 4.69) is 5.16 Å². The molecule has 0 aliphatic rings.